The predicted molar refractivity (Wildman–Crippen MR) is 58.5 cm³/mol. The SMILES string of the molecule is CCC(C(=O)c1ccc([N+](=O)[O-])cc1)[N+](=O)[O-]. The monoisotopic (exact) mass is 238 g/mol. The van der Waals surface area contributed by atoms with Crippen LogP contribution in [-0.4, -0.2) is 21.7 Å². The van der Waals surface area contributed by atoms with E-state index in [2.05, 4.69) is 0 Å². The largest absolute Gasteiger partial charge is 0.286 e. The van der Waals surface area contributed by atoms with Gasteiger partial charge in [-0.2, -0.15) is 0 Å². The molecule has 1 unspecified atom stereocenters. The number of Topliss-reactive ketones (excluding diaryl/α,β-unsaturated/α-hetero) is 1. The minimum Gasteiger partial charge on any atom is -0.286 e. The number of non-ortho nitro benzene ring substituents is 1. The summed E-state index contributed by atoms with van der Waals surface area (Å²) in [5.41, 5.74) is -0.0464. The summed E-state index contributed by atoms with van der Waals surface area (Å²) in [6.07, 6.45) is 0.0861. The number of rotatable bonds is 5. The van der Waals surface area contributed by atoms with Crippen molar-refractivity contribution in [1.82, 2.24) is 0 Å². The molecule has 0 spiro atoms. The van der Waals surface area contributed by atoms with Crippen molar-refractivity contribution in [3.8, 4) is 0 Å². The van der Waals surface area contributed by atoms with Crippen LogP contribution in [0.2, 0.25) is 0 Å². The second-order valence-electron chi connectivity index (χ2n) is 3.38. The van der Waals surface area contributed by atoms with Gasteiger partial charge in [0.15, 0.2) is 0 Å². The van der Waals surface area contributed by atoms with E-state index in [0.29, 0.717) is 0 Å². The Morgan fingerprint density at radius 1 is 1.24 bits per heavy atom. The summed E-state index contributed by atoms with van der Waals surface area (Å²) in [6.45, 7) is 1.54. The zero-order valence-corrected chi connectivity index (χ0v) is 9.03. The van der Waals surface area contributed by atoms with Crippen LogP contribution < -0.4 is 0 Å². The molecule has 0 bridgehead atoms. The van der Waals surface area contributed by atoms with Gasteiger partial charge in [-0.3, -0.25) is 25.0 Å². The normalized spacial score (nSPS) is 11.8. The molecule has 7 heteroatoms. The lowest BCUT2D eigenvalue weighted by molar-refractivity contribution is -0.505. The average molecular weight is 238 g/mol. The Hall–Kier alpha value is -2.31. The third-order valence-corrected chi connectivity index (χ3v) is 2.31. The van der Waals surface area contributed by atoms with Crippen LogP contribution in [0.1, 0.15) is 23.7 Å². The number of ketones is 1. The first kappa shape index (κ1) is 12.8. The van der Waals surface area contributed by atoms with Crippen LogP contribution in [0.5, 0.6) is 0 Å². The summed E-state index contributed by atoms with van der Waals surface area (Å²) < 4.78 is 0. The highest BCUT2D eigenvalue weighted by atomic mass is 16.6. The Kier molecular flexibility index (Phi) is 3.86. The first-order valence-electron chi connectivity index (χ1n) is 4.89. The molecule has 0 saturated carbocycles. The van der Waals surface area contributed by atoms with Gasteiger partial charge in [0.1, 0.15) is 0 Å². The summed E-state index contributed by atoms with van der Waals surface area (Å²) in [5, 5.41) is 21.0. The maximum Gasteiger partial charge on any atom is 0.274 e. The van der Waals surface area contributed by atoms with E-state index < -0.39 is 21.7 Å². The van der Waals surface area contributed by atoms with Gasteiger partial charge in [0.05, 0.1) is 4.92 Å². The second-order valence-corrected chi connectivity index (χ2v) is 3.38. The van der Waals surface area contributed by atoms with Crippen molar-refractivity contribution in [1.29, 1.82) is 0 Å². The number of carbonyl (C=O) groups excluding carboxylic acids is 1. The molecule has 0 heterocycles. The van der Waals surface area contributed by atoms with Crippen molar-refractivity contribution >= 4 is 11.5 Å². The zero-order chi connectivity index (χ0) is 13.0. The lowest BCUT2D eigenvalue weighted by Gasteiger charge is -2.05. The minimum absolute atomic E-state index is 0.0861. The van der Waals surface area contributed by atoms with E-state index in [1.54, 1.807) is 0 Å². The van der Waals surface area contributed by atoms with E-state index in [4.69, 9.17) is 0 Å². The summed E-state index contributed by atoms with van der Waals surface area (Å²) in [5.74, 6) is -0.632. The molecular weight excluding hydrogens is 228 g/mol. The van der Waals surface area contributed by atoms with Crippen molar-refractivity contribution in [3.05, 3.63) is 50.1 Å². The Balaban J connectivity index is 2.97. The fraction of sp³-hybridized carbons (Fsp3) is 0.300. The van der Waals surface area contributed by atoms with E-state index in [0.717, 1.165) is 12.1 Å². The first-order chi connectivity index (χ1) is 7.97. The molecule has 0 radical (unpaired) electrons. The van der Waals surface area contributed by atoms with Crippen LogP contribution in [0.4, 0.5) is 5.69 Å². The maximum absolute atomic E-state index is 11.7. The Morgan fingerprint density at radius 2 is 1.76 bits per heavy atom. The number of carbonyl (C=O) groups is 1. The lowest BCUT2D eigenvalue weighted by atomic mass is 10.0. The van der Waals surface area contributed by atoms with Crippen LogP contribution in [-0.2, 0) is 0 Å². The lowest BCUT2D eigenvalue weighted by Crippen LogP contribution is -2.28. The third kappa shape index (κ3) is 2.83. The molecule has 0 aliphatic carbocycles. The Bertz CT molecular complexity index is 454. The molecule has 0 aliphatic rings. The standard InChI is InChI=1S/C10H10N2O5/c1-2-9(12(16)17)10(13)7-3-5-8(6-4-7)11(14)15/h3-6,9H,2H2,1H3. The van der Waals surface area contributed by atoms with Crippen LogP contribution in [0.15, 0.2) is 24.3 Å². The fourth-order valence-electron chi connectivity index (χ4n) is 1.37. The van der Waals surface area contributed by atoms with E-state index in [-0.39, 0.29) is 17.7 Å². The highest BCUT2D eigenvalue weighted by Crippen LogP contribution is 2.14. The Labute approximate surface area is 96.4 Å². The number of nitrogens with zero attached hydrogens (tertiary/aromatic N) is 2. The molecule has 0 saturated heterocycles. The summed E-state index contributed by atoms with van der Waals surface area (Å²) in [4.78, 5) is 31.4. The van der Waals surface area contributed by atoms with Gasteiger partial charge in [0.2, 0.25) is 5.78 Å². The van der Waals surface area contributed by atoms with Crippen LogP contribution >= 0.6 is 0 Å². The summed E-state index contributed by atoms with van der Waals surface area (Å²) in [6, 6.07) is 3.47. The summed E-state index contributed by atoms with van der Waals surface area (Å²) >= 11 is 0. The number of nitro benzene ring substituents is 1. The summed E-state index contributed by atoms with van der Waals surface area (Å²) in [7, 11) is 0. The molecule has 90 valence electrons. The molecule has 1 aromatic rings. The van der Waals surface area contributed by atoms with Gasteiger partial charge in [-0.1, -0.05) is 6.92 Å². The zero-order valence-electron chi connectivity index (χ0n) is 9.03. The van der Waals surface area contributed by atoms with Gasteiger partial charge in [-0.25, -0.2) is 0 Å². The van der Waals surface area contributed by atoms with Crippen molar-refractivity contribution in [2.75, 3.05) is 0 Å². The van der Waals surface area contributed by atoms with Gasteiger partial charge in [0, 0.05) is 29.0 Å². The number of hydrogen-bond donors (Lipinski definition) is 0. The van der Waals surface area contributed by atoms with E-state index in [1.807, 2.05) is 0 Å². The van der Waals surface area contributed by atoms with E-state index in [1.165, 1.54) is 19.1 Å². The average Bonchev–Trinajstić information content (AvgIpc) is 2.29. The molecule has 1 rings (SSSR count). The second kappa shape index (κ2) is 5.15. The molecule has 0 fully saturated rings. The molecule has 1 aromatic carbocycles. The van der Waals surface area contributed by atoms with Crippen molar-refractivity contribution < 1.29 is 14.6 Å². The molecule has 17 heavy (non-hydrogen) atoms. The van der Waals surface area contributed by atoms with Gasteiger partial charge in [-0.05, 0) is 12.1 Å². The van der Waals surface area contributed by atoms with Crippen LogP contribution in [0.25, 0.3) is 0 Å². The van der Waals surface area contributed by atoms with Crippen molar-refractivity contribution in [2.24, 2.45) is 0 Å². The minimum atomic E-state index is -1.29. The molecule has 0 aromatic heterocycles. The topological polar surface area (TPSA) is 103 Å². The first-order valence-corrected chi connectivity index (χ1v) is 4.89. The molecule has 1 atom stereocenters. The molecule has 0 amide bonds. The van der Waals surface area contributed by atoms with Crippen molar-refractivity contribution in [3.63, 3.8) is 0 Å². The van der Waals surface area contributed by atoms with Gasteiger partial charge >= 0.3 is 0 Å². The number of benzene rings is 1. The van der Waals surface area contributed by atoms with E-state index in [9.17, 15) is 25.0 Å². The number of hydrogen-bond acceptors (Lipinski definition) is 5. The molecule has 0 aliphatic heterocycles. The van der Waals surface area contributed by atoms with Gasteiger partial charge < -0.3 is 0 Å². The van der Waals surface area contributed by atoms with Crippen LogP contribution in [0, 0.1) is 20.2 Å². The molecular formula is C10H10N2O5. The number of nitro groups is 2. The smallest absolute Gasteiger partial charge is 0.274 e. The van der Waals surface area contributed by atoms with Gasteiger partial charge in [0.25, 0.3) is 11.7 Å². The van der Waals surface area contributed by atoms with E-state index >= 15 is 0 Å². The molecule has 7 nitrogen and oxygen atoms in total. The van der Waals surface area contributed by atoms with Crippen molar-refractivity contribution in [2.45, 2.75) is 19.4 Å². The highest BCUT2D eigenvalue weighted by molar-refractivity contribution is 5.99. The predicted octanol–water partition coefficient (Wildman–Crippen LogP) is 1.83. The van der Waals surface area contributed by atoms with Crippen LogP contribution in [0.3, 0.4) is 0 Å². The maximum atomic E-state index is 11.7. The third-order valence-electron chi connectivity index (χ3n) is 2.31. The quantitative estimate of drug-likeness (QED) is 0.442. The highest BCUT2D eigenvalue weighted by Gasteiger charge is 2.28. The Morgan fingerprint density at radius 3 is 2.12 bits per heavy atom. The fourth-order valence-corrected chi connectivity index (χ4v) is 1.37. The molecule has 0 N–H and O–H groups in total. The van der Waals surface area contributed by atoms with Gasteiger partial charge in [-0.15, -0.1) is 0 Å².